The zero-order valence-corrected chi connectivity index (χ0v) is 12.8. The van der Waals surface area contributed by atoms with Crippen molar-refractivity contribution in [2.45, 2.75) is 39.8 Å². The fourth-order valence-electron chi connectivity index (χ4n) is 2.56. The summed E-state index contributed by atoms with van der Waals surface area (Å²) < 4.78 is 13.9. The molecule has 1 aliphatic heterocycles. The molecule has 0 saturated carbocycles. The molecule has 0 aromatic heterocycles. The highest BCUT2D eigenvalue weighted by Gasteiger charge is 2.41. The summed E-state index contributed by atoms with van der Waals surface area (Å²) in [6.07, 6.45) is 0. The summed E-state index contributed by atoms with van der Waals surface area (Å²) in [4.78, 5) is 26.0. The fraction of sp³-hybridized carbons (Fsp3) is 0.500. The van der Waals surface area contributed by atoms with Crippen LogP contribution < -0.4 is 5.32 Å². The van der Waals surface area contributed by atoms with E-state index in [9.17, 15) is 14.0 Å². The van der Waals surface area contributed by atoms with Crippen LogP contribution in [0.25, 0.3) is 0 Å². The van der Waals surface area contributed by atoms with E-state index in [0.717, 1.165) is 0 Å². The van der Waals surface area contributed by atoms with Gasteiger partial charge < -0.3 is 10.2 Å². The first kappa shape index (κ1) is 15.5. The first-order valence-electron chi connectivity index (χ1n) is 7.06. The highest BCUT2D eigenvalue weighted by molar-refractivity contribution is 5.95. The van der Waals surface area contributed by atoms with Crippen LogP contribution in [0.3, 0.4) is 0 Å². The molecule has 2 amide bonds. The molecule has 1 heterocycles. The van der Waals surface area contributed by atoms with Gasteiger partial charge in [0, 0.05) is 5.56 Å². The molecule has 1 aromatic carbocycles. The number of nitrogens with one attached hydrogen (secondary N) is 1. The summed E-state index contributed by atoms with van der Waals surface area (Å²) in [5.74, 6) is -0.744. The van der Waals surface area contributed by atoms with Gasteiger partial charge in [-0.05, 0) is 18.4 Å². The summed E-state index contributed by atoms with van der Waals surface area (Å²) in [6.45, 7) is 7.39. The zero-order valence-electron chi connectivity index (χ0n) is 12.8. The Kier molecular flexibility index (Phi) is 4.03. The van der Waals surface area contributed by atoms with Crippen molar-refractivity contribution >= 4 is 11.8 Å². The number of halogens is 1. The lowest BCUT2D eigenvalue weighted by atomic mass is 9.84. The number of rotatable bonds is 2. The Morgan fingerprint density at radius 2 is 1.90 bits per heavy atom. The molecular weight excluding hydrogens is 271 g/mol. The third-order valence-electron chi connectivity index (χ3n) is 3.84. The van der Waals surface area contributed by atoms with Crippen LogP contribution in [-0.4, -0.2) is 29.3 Å². The Hall–Kier alpha value is -1.91. The van der Waals surface area contributed by atoms with E-state index in [1.807, 2.05) is 20.8 Å². The molecule has 1 saturated heterocycles. The Morgan fingerprint density at radius 3 is 2.48 bits per heavy atom. The smallest absolute Gasteiger partial charge is 0.246 e. The number of nitrogens with zero attached hydrogens (tertiary/aromatic N) is 1. The molecule has 0 aliphatic carbocycles. The monoisotopic (exact) mass is 292 g/mol. The van der Waals surface area contributed by atoms with Crippen molar-refractivity contribution in [1.82, 2.24) is 10.2 Å². The number of hydrogen-bond donors (Lipinski definition) is 1. The summed E-state index contributed by atoms with van der Waals surface area (Å²) in [7, 11) is 0. The maximum Gasteiger partial charge on any atom is 0.246 e. The quantitative estimate of drug-likeness (QED) is 0.909. The molecule has 1 fully saturated rings. The van der Waals surface area contributed by atoms with Gasteiger partial charge in [0.15, 0.2) is 0 Å². The molecule has 114 valence electrons. The molecule has 21 heavy (non-hydrogen) atoms. The van der Waals surface area contributed by atoms with Gasteiger partial charge in [0.05, 0.1) is 6.04 Å². The number of piperazine rings is 1. The Balaban J connectivity index is 2.32. The van der Waals surface area contributed by atoms with E-state index in [2.05, 4.69) is 5.32 Å². The van der Waals surface area contributed by atoms with E-state index in [-0.39, 0.29) is 29.6 Å². The lowest BCUT2D eigenvalue weighted by molar-refractivity contribution is -0.149. The number of carbonyl (C=O) groups is 2. The summed E-state index contributed by atoms with van der Waals surface area (Å²) in [6, 6.07) is 5.27. The predicted octanol–water partition coefficient (Wildman–Crippen LogP) is 2.26. The SMILES string of the molecule is CC(c1ccccc1F)N1CC(=O)NC(C(C)(C)C)C1=O. The molecular formula is C16H21FN2O2. The summed E-state index contributed by atoms with van der Waals surface area (Å²) in [5, 5.41) is 2.73. The van der Waals surface area contributed by atoms with Crippen molar-refractivity contribution in [3.05, 3.63) is 35.6 Å². The molecule has 5 heteroatoms. The Labute approximate surface area is 124 Å². The van der Waals surface area contributed by atoms with Gasteiger partial charge in [-0.15, -0.1) is 0 Å². The van der Waals surface area contributed by atoms with E-state index in [0.29, 0.717) is 5.56 Å². The largest absolute Gasteiger partial charge is 0.342 e. The second-order valence-corrected chi connectivity index (χ2v) is 6.53. The van der Waals surface area contributed by atoms with Crippen LogP contribution in [0.4, 0.5) is 4.39 Å². The van der Waals surface area contributed by atoms with Crippen LogP contribution >= 0.6 is 0 Å². The van der Waals surface area contributed by atoms with Gasteiger partial charge in [-0.2, -0.15) is 0 Å². The minimum absolute atomic E-state index is 0.0408. The Morgan fingerprint density at radius 1 is 1.29 bits per heavy atom. The number of carbonyl (C=O) groups excluding carboxylic acids is 2. The first-order valence-corrected chi connectivity index (χ1v) is 7.06. The van der Waals surface area contributed by atoms with Crippen LogP contribution in [0.1, 0.15) is 39.3 Å². The maximum atomic E-state index is 13.9. The van der Waals surface area contributed by atoms with Crippen molar-refractivity contribution in [2.75, 3.05) is 6.54 Å². The molecule has 2 atom stereocenters. The highest BCUT2D eigenvalue weighted by Crippen LogP contribution is 2.29. The van der Waals surface area contributed by atoms with Crippen LogP contribution in [0, 0.1) is 11.2 Å². The maximum absolute atomic E-state index is 13.9. The first-order chi connectivity index (χ1) is 9.71. The zero-order chi connectivity index (χ0) is 15.8. The molecule has 2 unspecified atom stereocenters. The lowest BCUT2D eigenvalue weighted by Crippen LogP contribution is -2.62. The Bertz CT molecular complexity index is 566. The molecule has 1 aromatic rings. The van der Waals surface area contributed by atoms with Crippen molar-refractivity contribution in [1.29, 1.82) is 0 Å². The van der Waals surface area contributed by atoms with Gasteiger partial charge in [0.1, 0.15) is 18.4 Å². The van der Waals surface area contributed by atoms with Crippen molar-refractivity contribution in [2.24, 2.45) is 5.41 Å². The lowest BCUT2D eigenvalue weighted by Gasteiger charge is -2.41. The average molecular weight is 292 g/mol. The molecule has 0 bridgehead atoms. The van der Waals surface area contributed by atoms with Crippen molar-refractivity contribution in [3.63, 3.8) is 0 Å². The van der Waals surface area contributed by atoms with Crippen molar-refractivity contribution < 1.29 is 14.0 Å². The second kappa shape index (κ2) is 5.47. The topological polar surface area (TPSA) is 49.4 Å². The summed E-state index contributed by atoms with van der Waals surface area (Å²) >= 11 is 0. The minimum atomic E-state index is -0.590. The third kappa shape index (κ3) is 3.06. The highest BCUT2D eigenvalue weighted by atomic mass is 19.1. The predicted molar refractivity (Wildman–Crippen MR) is 77.9 cm³/mol. The van der Waals surface area contributed by atoms with E-state index in [1.54, 1.807) is 25.1 Å². The molecule has 1 N–H and O–H groups in total. The fourth-order valence-corrected chi connectivity index (χ4v) is 2.56. The van der Waals surface area contributed by atoms with E-state index in [1.165, 1.54) is 11.0 Å². The normalized spacial score (nSPS) is 21.2. The van der Waals surface area contributed by atoms with Gasteiger partial charge in [-0.1, -0.05) is 39.0 Å². The van der Waals surface area contributed by atoms with Crippen LogP contribution in [0.2, 0.25) is 0 Å². The third-order valence-corrected chi connectivity index (χ3v) is 3.84. The molecule has 0 radical (unpaired) electrons. The number of hydrogen-bond acceptors (Lipinski definition) is 2. The van der Waals surface area contributed by atoms with E-state index < -0.39 is 12.1 Å². The van der Waals surface area contributed by atoms with Crippen LogP contribution in [0.15, 0.2) is 24.3 Å². The minimum Gasteiger partial charge on any atom is -0.342 e. The molecule has 2 rings (SSSR count). The van der Waals surface area contributed by atoms with Gasteiger partial charge >= 0.3 is 0 Å². The molecule has 4 nitrogen and oxygen atoms in total. The van der Waals surface area contributed by atoms with Crippen LogP contribution in [0.5, 0.6) is 0 Å². The van der Waals surface area contributed by atoms with Gasteiger partial charge in [-0.3, -0.25) is 9.59 Å². The number of benzene rings is 1. The van der Waals surface area contributed by atoms with Gasteiger partial charge in [0.2, 0.25) is 11.8 Å². The second-order valence-electron chi connectivity index (χ2n) is 6.53. The number of amides is 2. The average Bonchev–Trinajstić information content (AvgIpc) is 2.39. The van der Waals surface area contributed by atoms with Gasteiger partial charge in [-0.25, -0.2) is 4.39 Å². The molecule has 1 aliphatic rings. The van der Waals surface area contributed by atoms with Crippen molar-refractivity contribution in [3.8, 4) is 0 Å². The van der Waals surface area contributed by atoms with Crippen LogP contribution in [-0.2, 0) is 9.59 Å². The molecule has 0 spiro atoms. The standard InChI is InChI=1S/C16H21FN2O2/c1-10(11-7-5-6-8-12(11)17)19-9-13(20)18-14(15(19)21)16(2,3)4/h5-8,10,14H,9H2,1-4H3,(H,18,20). The van der Waals surface area contributed by atoms with E-state index >= 15 is 0 Å². The van der Waals surface area contributed by atoms with Gasteiger partial charge in [0.25, 0.3) is 0 Å². The summed E-state index contributed by atoms with van der Waals surface area (Å²) in [5.41, 5.74) is 0.0357. The van der Waals surface area contributed by atoms with E-state index in [4.69, 9.17) is 0 Å².